The average molecular weight is 353 g/mol. The smallest absolute Gasteiger partial charge is 0.315 e. The Kier molecular flexibility index (Phi) is 7.21. The van der Waals surface area contributed by atoms with E-state index in [2.05, 4.69) is 36.6 Å². The summed E-state index contributed by atoms with van der Waals surface area (Å²) in [6.45, 7) is 5.37. The summed E-state index contributed by atoms with van der Waals surface area (Å²) in [5, 5.41) is 5.80. The first-order valence-corrected chi connectivity index (χ1v) is 8.90. The molecule has 2 aromatic rings. The van der Waals surface area contributed by atoms with Crippen molar-refractivity contribution in [1.82, 2.24) is 10.6 Å². The number of rotatable bonds is 8. The summed E-state index contributed by atoms with van der Waals surface area (Å²) < 4.78 is 0. The number of nitrogens with two attached hydrogens (primary N) is 1. The van der Waals surface area contributed by atoms with Gasteiger partial charge in [0.05, 0.1) is 0 Å². The van der Waals surface area contributed by atoms with Gasteiger partial charge in [0.1, 0.15) is 0 Å². The largest absolute Gasteiger partial charge is 0.366 e. The fraction of sp³-hybridized carbons (Fsp3) is 0.333. The molecule has 0 aliphatic carbocycles. The number of benzene rings is 2. The van der Waals surface area contributed by atoms with Gasteiger partial charge in [-0.05, 0) is 41.5 Å². The van der Waals surface area contributed by atoms with Crippen LogP contribution in [0, 0.1) is 11.8 Å². The van der Waals surface area contributed by atoms with E-state index in [1.807, 2.05) is 18.2 Å². The van der Waals surface area contributed by atoms with E-state index in [1.165, 1.54) is 5.56 Å². The molecule has 0 spiro atoms. The second-order valence-electron chi connectivity index (χ2n) is 6.82. The Morgan fingerprint density at radius 1 is 0.923 bits per heavy atom. The molecule has 0 fully saturated rings. The van der Waals surface area contributed by atoms with Gasteiger partial charge in [-0.15, -0.1) is 0 Å². The quantitative estimate of drug-likeness (QED) is 0.681. The highest BCUT2D eigenvalue weighted by atomic mass is 16.2. The standard InChI is InChI=1S/C21H27N3O2/c1-15(2)19(12-16-6-4-3-5-7-16)14-24-21(26)23-13-17-8-10-18(11-9-17)20(22)25/h3-11,15,19H,12-14H2,1-2H3,(H2,22,25)(H2,23,24,26). The second-order valence-corrected chi connectivity index (χ2v) is 6.82. The van der Waals surface area contributed by atoms with Crippen LogP contribution < -0.4 is 16.4 Å². The lowest BCUT2D eigenvalue weighted by atomic mass is 9.89. The maximum absolute atomic E-state index is 12.1. The molecule has 26 heavy (non-hydrogen) atoms. The van der Waals surface area contributed by atoms with Crippen molar-refractivity contribution in [2.75, 3.05) is 6.54 Å². The topological polar surface area (TPSA) is 84.2 Å². The first-order valence-electron chi connectivity index (χ1n) is 8.90. The van der Waals surface area contributed by atoms with Crippen LogP contribution in [-0.4, -0.2) is 18.5 Å². The van der Waals surface area contributed by atoms with Gasteiger partial charge < -0.3 is 16.4 Å². The van der Waals surface area contributed by atoms with Crippen molar-refractivity contribution in [1.29, 1.82) is 0 Å². The van der Waals surface area contributed by atoms with Crippen molar-refractivity contribution in [2.45, 2.75) is 26.8 Å². The molecule has 0 aliphatic heterocycles. The van der Waals surface area contributed by atoms with E-state index in [9.17, 15) is 9.59 Å². The maximum atomic E-state index is 12.1. The van der Waals surface area contributed by atoms with Crippen LogP contribution in [0.5, 0.6) is 0 Å². The summed E-state index contributed by atoms with van der Waals surface area (Å²) in [7, 11) is 0. The van der Waals surface area contributed by atoms with E-state index in [-0.39, 0.29) is 6.03 Å². The van der Waals surface area contributed by atoms with Crippen LogP contribution in [0.15, 0.2) is 54.6 Å². The fourth-order valence-corrected chi connectivity index (χ4v) is 2.72. The predicted octanol–water partition coefficient (Wildman–Crippen LogP) is 3.10. The van der Waals surface area contributed by atoms with Crippen LogP contribution in [0.2, 0.25) is 0 Å². The van der Waals surface area contributed by atoms with Gasteiger partial charge in [0.15, 0.2) is 0 Å². The van der Waals surface area contributed by atoms with E-state index in [4.69, 9.17) is 5.73 Å². The molecule has 0 aromatic heterocycles. The molecule has 0 heterocycles. The second kappa shape index (κ2) is 9.61. The number of primary amides is 1. The Labute approximate surface area is 155 Å². The average Bonchev–Trinajstić information content (AvgIpc) is 2.64. The van der Waals surface area contributed by atoms with Crippen LogP contribution in [-0.2, 0) is 13.0 Å². The number of amides is 3. The molecule has 0 aliphatic rings. The van der Waals surface area contributed by atoms with Gasteiger partial charge in [0.2, 0.25) is 5.91 Å². The first kappa shape index (κ1) is 19.5. The number of carbonyl (C=O) groups is 2. The Morgan fingerprint density at radius 3 is 2.15 bits per heavy atom. The van der Waals surface area contributed by atoms with Gasteiger partial charge >= 0.3 is 6.03 Å². The van der Waals surface area contributed by atoms with E-state index in [0.717, 1.165) is 12.0 Å². The van der Waals surface area contributed by atoms with Gasteiger partial charge in [0, 0.05) is 18.7 Å². The zero-order valence-electron chi connectivity index (χ0n) is 15.4. The zero-order chi connectivity index (χ0) is 18.9. The van der Waals surface area contributed by atoms with Gasteiger partial charge in [-0.3, -0.25) is 4.79 Å². The summed E-state index contributed by atoms with van der Waals surface area (Å²) in [5.41, 5.74) is 7.86. The molecule has 0 saturated heterocycles. The van der Waals surface area contributed by atoms with Gasteiger partial charge in [-0.1, -0.05) is 56.3 Å². The molecule has 0 radical (unpaired) electrons. The Bertz CT molecular complexity index is 712. The lowest BCUT2D eigenvalue weighted by Gasteiger charge is -2.21. The van der Waals surface area contributed by atoms with Crippen LogP contribution in [0.1, 0.15) is 35.3 Å². The molecule has 1 unspecified atom stereocenters. The lowest BCUT2D eigenvalue weighted by Crippen LogP contribution is -2.39. The maximum Gasteiger partial charge on any atom is 0.315 e. The number of hydrogen-bond acceptors (Lipinski definition) is 2. The van der Waals surface area contributed by atoms with E-state index >= 15 is 0 Å². The molecule has 138 valence electrons. The Balaban J connectivity index is 1.79. The van der Waals surface area contributed by atoms with Crippen molar-refractivity contribution < 1.29 is 9.59 Å². The molecule has 2 aromatic carbocycles. The molecular formula is C21H27N3O2. The molecule has 4 N–H and O–H groups in total. The first-order chi connectivity index (χ1) is 12.5. The SMILES string of the molecule is CC(C)C(CNC(=O)NCc1ccc(C(N)=O)cc1)Cc1ccccc1. The Hall–Kier alpha value is -2.82. The normalized spacial score (nSPS) is 11.8. The molecule has 3 amide bonds. The van der Waals surface area contributed by atoms with Crippen LogP contribution in [0.25, 0.3) is 0 Å². The van der Waals surface area contributed by atoms with Crippen molar-refractivity contribution in [3.63, 3.8) is 0 Å². The van der Waals surface area contributed by atoms with Crippen LogP contribution >= 0.6 is 0 Å². The number of urea groups is 1. The molecular weight excluding hydrogens is 326 g/mol. The third-order valence-electron chi connectivity index (χ3n) is 4.50. The van der Waals surface area contributed by atoms with Crippen molar-refractivity contribution in [3.8, 4) is 0 Å². The van der Waals surface area contributed by atoms with Crippen molar-refractivity contribution >= 4 is 11.9 Å². The lowest BCUT2D eigenvalue weighted by molar-refractivity contribution is 0.1000. The van der Waals surface area contributed by atoms with E-state index in [0.29, 0.717) is 30.5 Å². The van der Waals surface area contributed by atoms with Gasteiger partial charge in [0.25, 0.3) is 0 Å². The summed E-state index contributed by atoms with van der Waals surface area (Å²) in [5.74, 6) is 0.384. The summed E-state index contributed by atoms with van der Waals surface area (Å²) in [6, 6.07) is 17.0. The highest BCUT2D eigenvalue weighted by Crippen LogP contribution is 2.16. The summed E-state index contributed by atoms with van der Waals surface area (Å²) in [4.78, 5) is 23.1. The third-order valence-corrected chi connectivity index (χ3v) is 4.50. The predicted molar refractivity (Wildman–Crippen MR) is 104 cm³/mol. The third kappa shape index (κ3) is 6.24. The summed E-state index contributed by atoms with van der Waals surface area (Å²) >= 11 is 0. The van der Waals surface area contributed by atoms with Crippen molar-refractivity contribution in [3.05, 3.63) is 71.3 Å². The fourth-order valence-electron chi connectivity index (χ4n) is 2.72. The minimum absolute atomic E-state index is 0.192. The minimum atomic E-state index is -0.458. The minimum Gasteiger partial charge on any atom is -0.366 e. The number of hydrogen-bond donors (Lipinski definition) is 3. The van der Waals surface area contributed by atoms with Crippen LogP contribution in [0.4, 0.5) is 4.79 Å². The van der Waals surface area contributed by atoms with E-state index < -0.39 is 5.91 Å². The highest BCUT2D eigenvalue weighted by Gasteiger charge is 2.15. The number of nitrogens with one attached hydrogen (secondary N) is 2. The Morgan fingerprint density at radius 2 is 1.58 bits per heavy atom. The molecule has 2 rings (SSSR count). The summed E-state index contributed by atoms with van der Waals surface area (Å²) in [6.07, 6.45) is 0.938. The molecule has 0 saturated carbocycles. The number of carbonyl (C=O) groups excluding carboxylic acids is 2. The van der Waals surface area contributed by atoms with Gasteiger partial charge in [-0.25, -0.2) is 4.79 Å². The zero-order valence-corrected chi connectivity index (χ0v) is 15.4. The van der Waals surface area contributed by atoms with Crippen LogP contribution in [0.3, 0.4) is 0 Å². The molecule has 0 bridgehead atoms. The highest BCUT2D eigenvalue weighted by molar-refractivity contribution is 5.92. The van der Waals surface area contributed by atoms with Gasteiger partial charge in [-0.2, -0.15) is 0 Å². The molecule has 1 atom stereocenters. The van der Waals surface area contributed by atoms with E-state index in [1.54, 1.807) is 24.3 Å². The molecule has 5 heteroatoms. The monoisotopic (exact) mass is 353 g/mol. The van der Waals surface area contributed by atoms with Crippen molar-refractivity contribution in [2.24, 2.45) is 17.6 Å². The molecule has 5 nitrogen and oxygen atoms in total.